The average molecular weight is 288 g/mol. The predicted molar refractivity (Wildman–Crippen MR) is 66.4 cm³/mol. The molecule has 1 aliphatic rings. The van der Waals surface area contributed by atoms with Crippen LogP contribution >= 0.6 is 0 Å². The van der Waals surface area contributed by atoms with E-state index in [0.29, 0.717) is 0 Å². The van der Waals surface area contributed by atoms with E-state index in [-0.39, 0.29) is 19.6 Å². The van der Waals surface area contributed by atoms with Gasteiger partial charge in [0.1, 0.15) is 5.41 Å². The fraction of sp³-hybridized carbons (Fsp3) is 0.769. The Morgan fingerprint density at radius 3 is 2.30 bits per heavy atom. The summed E-state index contributed by atoms with van der Waals surface area (Å²) in [5.41, 5.74) is -1.23. The SMILES string of the molecule is CCOC(=O)[C@H]1O[C@H](OC(C)=O)CC1(C)C(=O)OCC. The standard InChI is InChI=1S/C13H20O7/c1-5-17-11(15)10-13(4,12(16)18-6-2)7-9(20-10)19-8(3)14/h9-10H,5-7H2,1-4H3/t9-,10+,13?/m0/s1. The van der Waals surface area contributed by atoms with Crippen molar-refractivity contribution in [1.29, 1.82) is 0 Å². The molecule has 1 aliphatic heterocycles. The number of carbonyl (C=O) groups is 3. The maximum atomic E-state index is 12.1. The Bertz CT molecular complexity index is 392. The van der Waals surface area contributed by atoms with E-state index in [4.69, 9.17) is 18.9 Å². The Labute approximate surface area is 117 Å². The van der Waals surface area contributed by atoms with Crippen LogP contribution in [0.1, 0.15) is 34.1 Å². The molecule has 1 unspecified atom stereocenters. The van der Waals surface area contributed by atoms with Crippen LogP contribution in [0.15, 0.2) is 0 Å². The Morgan fingerprint density at radius 2 is 1.80 bits per heavy atom. The molecular weight excluding hydrogens is 268 g/mol. The van der Waals surface area contributed by atoms with E-state index in [1.54, 1.807) is 13.8 Å². The summed E-state index contributed by atoms with van der Waals surface area (Å²) in [6.45, 7) is 6.43. The molecule has 7 nitrogen and oxygen atoms in total. The van der Waals surface area contributed by atoms with Crippen molar-refractivity contribution in [2.75, 3.05) is 13.2 Å². The Balaban J connectivity index is 2.93. The Kier molecular flexibility index (Phi) is 5.50. The third-order valence-corrected chi connectivity index (χ3v) is 3.00. The number of hydrogen-bond donors (Lipinski definition) is 0. The summed E-state index contributed by atoms with van der Waals surface area (Å²) in [5, 5.41) is 0. The van der Waals surface area contributed by atoms with E-state index in [2.05, 4.69) is 0 Å². The second-order valence-electron chi connectivity index (χ2n) is 4.65. The van der Waals surface area contributed by atoms with Crippen LogP contribution in [0, 0.1) is 5.41 Å². The molecule has 0 radical (unpaired) electrons. The van der Waals surface area contributed by atoms with Crippen LogP contribution in [0.4, 0.5) is 0 Å². The zero-order valence-electron chi connectivity index (χ0n) is 12.1. The highest BCUT2D eigenvalue weighted by atomic mass is 16.7. The minimum atomic E-state index is -1.23. The van der Waals surface area contributed by atoms with E-state index >= 15 is 0 Å². The zero-order chi connectivity index (χ0) is 15.3. The molecule has 1 fully saturated rings. The number of carbonyl (C=O) groups excluding carboxylic acids is 3. The first-order chi connectivity index (χ1) is 9.35. The number of esters is 3. The van der Waals surface area contributed by atoms with Crippen molar-refractivity contribution in [2.45, 2.75) is 46.5 Å². The van der Waals surface area contributed by atoms with Crippen molar-refractivity contribution in [3.8, 4) is 0 Å². The smallest absolute Gasteiger partial charge is 0.336 e. The first-order valence-corrected chi connectivity index (χ1v) is 6.51. The Morgan fingerprint density at radius 1 is 1.20 bits per heavy atom. The summed E-state index contributed by atoms with van der Waals surface area (Å²) < 4.78 is 20.1. The van der Waals surface area contributed by atoms with Crippen molar-refractivity contribution in [2.24, 2.45) is 5.41 Å². The predicted octanol–water partition coefficient (Wildman–Crippen LogP) is 0.797. The van der Waals surface area contributed by atoms with Gasteiger partial charge in [-0.15, -0.1) is 0 Å². The van der Waals surface area contributed by atoms with Gasteiger partial charge in [-0.2, -0.15) is 0 Å². The summed E-state index contributed by atoms with van der Waals surface area (Å²) >= 11 is 0. The van der Waals surface area contributed by atoms with Gasteiger partial charge in [0.15, 0.2) is 6.10 Å². The largest absolute Gasteiger partial charge is 0.465 e. The second-order valence-corrected chi connectivity index (χ2v) is 4.65. The highest BCUT2D eigenvalue weighted by Crippen LogP contribution is 2.40. The average Bonchev–Trinajstić information content (AvgIpc) is 2.67. The minimum Gasteiger partial charge on any atom is -0.465 e. The van der Waals surface area contributed by atoms with Gasteiger partial charge in [0, 0.05) is 13.3 Å². The minimum absolute atomic E-state index is 0.0505. The molecule has 0 aromatic carbocycles. The maximum absolute atomic E-state index is 12.1. The lowest BCUT2D eigenvalue weighted by Gasteiger charge is -2.25. The van der Waals surface area contributed by atoms with E-state index < -0.39 is 35.7 Å². The molecule has 1 rings (SSSR count). The highest BCUT2D eigenvalue weighted by molar-refractivity contribution is 5.87. The molecule has 7 heteroatoms. The van der Waals surface area contributed by atoms with Crippen molar-refractivity contribution in [3.05, 3.63) is 0 Å². The molecule has 3 atom stereocenters. The van der Waals surface area contributed by atoms with Crippen LogP contribution in [-0.2, 0) is 33.3 Å². The first kappa shape index (κ1) is 16.4. The molecule has 1 saturated heterocycles. The summed E-state index contributed by atoms with van der Waals surface area (Å²) in [5.74, 6) is -1.80. The van der Waals surface area contributed by atoms with E-state index in [0.717, 1.165) is 0 Å². The van der Waals surface area contributed by atoms with Gasteiger partial charge in [-0.25, -0.2) is 4.79 Å². The summed E-state index contributed by atoms with van der Waals surface area (Å²) in [6.07, 6.45) is -2.06. The Hall–Kier alpha value is -1.63. The molecule has 0 saturated carbocycles. The van der Waals surface area contributed by atoms with Crippen LogP contribution in [0.5, 0.6) is 0 Å². The lowest BCUT2D eigenvalue weighted by molar-refractivity contribution is -0.186. The van der Waals surface area contributed by atoms with Crippen LogP contribution in [0.25, 0.3) is 0 Å². The highest BCUT2D eigenvalue weighted by Gasteiger charge is 2.56. The van der Waals surface area contributed by atoms with Gasteiger partial charge < -0.3 is 18.9 Å². The first-order valence-electron chi connectivity index (χ1n) is 6.51. The van der Waals surface area contributed by atoms with Gasteiger partial charge in [-0.1, -0.05) is 0 Å². The van der Waals surface area contributed by atoms with Crippen molar-refractivity contribution >= 4 is 17.9 Å². The van der Waals surface area contributed by atoms with Crippen molar-refractivity contribution < 1.29 is 33.3 Å². The van der Waals surface area contributed by atoms with Gasteiger partial charge in [0.2, 0.25) is 6.29 Å². The van der Waals surface area contributed by atoms with Gasteiger partial charge >= 0.3 is 17.9 Å². The third-order valence-electron chi connectivity index (χ3n) is 3.00. The van der Waals surface area contributed by atoms with Gasteiger partial charge in [-0.3, -0.25) is 9.59 Å². The molecule has 0 spiro atoms. The van der Waals surface area contributed by atoms with Crippen LogP contribution in [-0.4, -0.2) is 43.5 Å². The van der Waals surface area contributed by atoms with Crippen molar-refractivity contribution in [1.82, 2.24) is 0 Å². The molecular formula is C13H20O7. The molecule has 114 valence electrons. The van der Waals surface area contributed by atoms with Crippen LogP contribution in [0.2, 0.25) is 0 Å². The maximum Gasteiger partial charge on any atom is 0.336 e. The van der Waals surface area contributed by atoms with Crippen LogP contribution in [0.3, 0.4) is 0 Å². The zero-order valence-corrected chi connectivity index (χ0v) is 12.1. The summed E-state index contributed by atoms with van der Waals surface area (Å²) in [6, 6.07) is 0. The van der Waals surface area contributed by atoms with Gasteiger partial charge in [0.05, 0.1) is 13.2 Å². The van der Waals surface area contributed by atoms with Crippen molar-refractivity contribution in [3.63, 3.8) is 0 Å². The van der Waals surface area contributed by atoms with Gasteiger partial charge in [-0.05, 0) is 20.8 Å². The molecule has 1 heterocycles. The second kappa shape index (κ2) is 6.69. The number of ether oxygens (including phenoxy) is 4. The quantitative estimate of drug-likeness (QED) is 0.546. The summed E-state index contributed by atoms with van der Waals surface area (Å²) in [4.78, 5) is 34.9. The third kappa shape index (κ3) is 3.47. The molecule has 20 heavy (non-hydrogen) atoms. The van der Waals surface area contributed by atoms with E-state index in [9.17, 15) is 14.4 Å². The molecule has 0 bridgehead atoms. The number of rotatable bonds is 5. The lowest BCUT2D eigenvalue weighted by Crippen LogP contribution is -2.43. The molecule has 0 aromatic heterocycles. The van der Waals surface area contributed by atoms with E-state index in [1.807, 2.05) is 0 Å². The summed E-state index contributed by atoms with van der Waals surface area (Å²) in [7, 11) is 0. The molecule has 0 N–H and O–H groups in total. The lowest BCUT2D eigenvalue weighted by atomic mass is 9.83. The normalized spacial score (nSPS) is 28.8. The monoisotopic (exact) mass is 288 g/mol. The topological polar surface area (TPSA) is 88.1 Å². The van der Waals surface area contributed by atoms with E-state index in [1.165, 1.54) is 13.8 Å². The molecule has 0 aromatic rings. The molecule has 0 aliphatic carbocycles. The van der Waals surface area contributed by atoms with Gasteiger partial charge in [0.25, 0.3) is 0 Å². The number of hydrogen-bond acceptors (Lipinski definition) is 7. The fourth-order valence-corrected chi connectivity index (χ4v) is 2.08. The van der Waals surface area contributed by atoms with Crippen LogP contribution < -0.4 is 0 Å². The molecule has 0 amide bonds. The fourth-order valence-electron chi connectivity index (χ4n) is 2.08.